The Bertz CT molecular complexity index is 3150. The average Bonchev–Trinajstić information content (AvgIpc) is 3.91. The van der Waals surface area contributed by atoms with Crippen LogP contribution in [-0.4, -0.2) is 9.55 Å². The van der Waals surface area contributed by atoms with Crippen molar-refractivity contribution in [3.63, 3.8) is 0 Å². The molecule has 0 fully saturated rings. The molecule has 0 aliphatic carbocycles. The first-order valence-corrected chi connectivity index (χ1v) is 18.9. The molecule has 3 heterocycles. The molecule has 7 aromatic carbocycles. The average molecular weight is 712 g/mol. The molecule has 264 valence electrons. The number of nitrogens with zero attached hydrogens (tertiary/aromatic N) is 3. The van der Waals surface area contributed by atoms with Gasteiger partial charge in [0.2, 0.25) is 0 Å². The van der Waals surface area contributed by atoms with Gasteiger partial charge < -0.3 is 8.83 Å². The van der Waals surface area contributed by atoms with Gasteiger partial charge in [-0.25, -0.2) is 4.98 Å². The number of nitriles is 1. The van der Waals surface area contributed by atoms with Gasteiger partial charge in [0, 0.05) is 27.1 Å². The van der Waals surface area contributed by atoms with Gasteiger partial charge in [0.15, 0.2) is 0 Å². The van der Waals surface area contributed by atoms with Crippen molar-refractivity contribution in [1.82, 2.24) is 9.55 Å². The van der Waals surface area contributed by atoms with Crippen molar-refractivity contribution in [3.05, 3.63) is 156 Å². The summed E-state index contributed by atoms with van der Waals surface area (Å²) in [5, 5.41) is 13.6. The second-order valence-electron chi connectivity index (χ2n) is 15.0. The zero-order valence-electron chi connectivity index (χ0n) is 31.1. The lowest BCUT2D eigenvalue weighted by Crippen LogP contribution is -2.09. The zero-order chi connectivity index (χ0) is 37.4. The van der Waals surface area contributed by atoms with E-state index in [9.17, 15) is 5.26 Å². The van der Waals surface area contributed by atoms with Crippen LogP contribution in [0.25, 0.3) is 94.2 Å². The molecule has 3 aromatic heterocycles. The van der Waals surface area contributed by atoms with Crippen molar-refractivity contribution < 1.29 is 8.83 Å². The maximum atomic E-state index is 9.31. The molecule has 0 unspecified atom stereocenters. The van der Waals surface area contributed by atoms with Gasteiger partial charge in [0.25, 0.3) is 0 Å². The van der Waals surface area contributed by atoms with Crippen LogP contribution < -0.4 is 0 Å². The van der Waals surface area contributed by atoms with Crippen LogP contribution in [-0.2, 0) is 0 Å². The van der Waals surface area contributed by atoms with Crippen LogP contribution >= 0.6 is 0 Å². The van der Waals surface area contributed by atoms with Gasteiger partial charge in [0.05, 0.1) is 33.9 Å². The van der Waals surface area contributed by atoms with Crippen LogP contribution in [0, 0.1) is 11.3 Å². The van der Waals surface area contributed by atoms with E-state index >= 15 is 0 Å². The Balaban J connectivity index is 1.23. The van der Waals surface area contributed by atoms with E-state index < -0.39 is 0 Å². The molecule has 10 rings (SSSR count). The molecular formula is C50H37N3O2. The number of furan rings is 2. The molecule has 0 amide bonds. The molecule has 0 saturated carbocycles. The van der Waals surface area contributed by atoms with Crippen molar-refractivity contribution >= 4 is 54.9 Å². The summed E-state index contributed by atoms with van der Waals surface area (Å²) < 4.78 is 16.1. The predicted octanol–water partition coefficient (Wildman–Crippen LogP) is 13.9. The molecule has 10 aromatic rings. The standard InChI is InChI=1S/C50H37N3O2/c1-29(2)40-27-41-37-24-22-34(32-11-6-5-7-12-32)25-45(37)55-49(41)46(30(3)4)47(40)53-43-16-9-8-15-42(43)52-50(53)39-14-10-13-38-36-23-21-35(26-44(36)54-48(38)39)33-19-17-31(28-51)18-20-33/h5-27,29-30H,1-4H3. The minimum Gasteiger partial charge on any atom is -0.456 e. The monoisotopic (exact) mass is 711 g/mol. The number of imidazole rings is 1. The number of hydrogen-bond acceptors (Lipinski definition) is 4. The summed E-state index contributed by atoms with van der Waals surface area (Å²) in [5.74, 6) is 1.17. The topological polar surface area (TPSA) is 67.9 Å². The van der Waals surface area contributed by atoms with Gasteiger partial charge in [-0.2, -0.15) is 5.26 Å². The van der Waals surface area contributed by atoms with Crippen LogP contribution in [0.5, 0.6) is 0 Å². The Morgan fingerprint density at radius 3 is 1.89 bits per heavy atom. The normalized spacial score (nSPS) is 11.9. The third-order valence-electron chi connectivity index (χ3n) is 11.0. The van der Waals surface area contributed by atoms with E-state index in [1.54, 1.807) is 0 Å². The predicted molar refractivity (Wildman–Crippen MR) is 225 cm³/mol. The van der Waals surface area contributed by atoms with Crippen LogP contribution in [0.2, 0.25) is 0 Å². The van der Waals surface area contributed by atoms with Gasteiger partial charge in [-0.1, -0.05) is 107 Å². The summed E-state index contributed by atoms with van der Waals surface area (Å²) in [5.41, 5.74) is 14.8. The molecule has 0 spiro atoms. The van der Waals surface area contributed by atoms with E-state index in [4.69, 9.17) is 13.8 Å². The molecule has 5 heteroatoms. The molecule has 0 aliphatic heterocycles. The second kappa shape index (κ2) is 12.6. The Morgan fingerprint density at radius 1 is 0.564 bits per heavy atom. The fourth-order valence-corrected chi connectivity index (χ4v) is 8.31. The van der Waals surface area contributed by atoms with Gasteiger partial charge in [-0.3, -0.25) is 4.57 Å². The van der Waals surface area contributed by atoms with Crippen LogP contribution in [0.3, 0.4) is 0 Å². The first-order valence-electron chi connectivity index (χ1n) is 18.9. The molecule has 0 atom stereocenters. The Kier molecular flexibility index (Phi) is 7.50. The van der Waals surface area contributed by atoms with Crippen molar-refractivity contribution in [3.8, 4) is 45.4 Å². The van der Waals surface area contributed by atoms with Crippen molar-refractivity contribution in [2.45, 2.75) is 39.5 Å². The van der Waals surface area contributed by atoms with Gasteiger partial charge in [0.1, 0.15) is 28.2 Å². The summed E-state index contributed by atoms with van der Waals surface area (Å²) in [7, 11) is 0. The summed E-state index contributed by atoms with van der Waals surface area (Å²) in [6, 6.07) is 50.4. The molecule has 55 heavy (non-hydrogen) atoms. The molecule has 0 N–H and O–H groups in total. The summed E-state index contributed by atoms with van der Waals surface area (Å²) >= 11 is 0. The van der Waals surface area contributed by atoms with Crippen LogP contribution in [0.1, 0.15) is 56.2 Å². The maximum absolute atomic E-state index is 9.31. The fourth-order valence-electron chi connectivity index (χ4n) is 8.31. The lowest BCUT2D eigenvalue weighted by molar-refractivity contribution is 0.655. The number of para-hydroxylation sites is 3. The smallest absolute Gasteiger partial charge is 0.149 e. The quantitative estimate of drug-likeness (QED) is 0.172. The summed E-state index contributed by atoms with van der Waals surface area (Å²) in [4.78, 5) is 5.38. The molecule has 0 aliphatic rings. The largest absolute Gasteiger partial charge is 0.456 e. The Hall–Kier alpha value is -6.90. The molecule has 5 nitrogen and oxygen atoms in total. The van der Waals surface area contributed by atoms with Crippen molar-refractivity contribution in [2.24, 2.45) is 0 Å². The highest BCUT2D eigenvalue weighted by Gasteiger charge is 2.28. The number of aromatic nitrogens is 2. The van der Waals surface area contributed by atoms with Gasteiger partial charge >= 0.3 is 0 Å². The lowest BCUT2D eigenvalue weighted by atomic mass is 9.89. The maximum Gasteiger partial charge on any atom is 0.149 e. The molecule has 0 bridgehead atoms. The van der Waals surface area contributed by atoms with E-state index in [2.05, 4.69) is 148 Å². The minimum absolute atomic E-state index is 0.141. The minimum atomic E-state index is 0.141. The summed E-state index contributed by atoms with van der Waals surface area (Å²) in [6.45, 7) is 9.06. The highest BCUT2D eigenvalue weighted by atomic mass is 16.3. The van der Waals surface area contributed by atoms with E-state index in [1.807, 2.05) is 30.3 Å². The number of fused-ring (bicyclic) bond motifs is 7. The molecule has 0 radical (unpaired) electrons. The second-order valence-corrected chi connectivity index (χ2v) is 15.0. The molecule has 0 saturated heterocycles. The van der Waals surface area contributed by atoms with Gasteiger partial charge in [-0.05, 0) is 100 Å². The van der Waals surface area contributed by atoms with E-state index in [0.717, 1.165) is 99.8 Å². The van der Waals surface area contributed by atoms with E-state index in [-0.39, 0.29) is 11.8 Å². The summed E-state index contributed by atoms with van der Waals surface area (Å²) in [6.07, 6.45) is 0. The van der Waals surface area contributed by atoms with Crippen LogP contribution in [0.15, 0.2) is 148 Å². The first kappa shape index (κ1) is 32.7. The number of benzene rings is 7. The zero-order valence-corrected chi connectivity index (χ0v) is 31.1. The van der Waals surface area contributed by atoms with Crippen LogP contribution in [0.4, 0.5) is 0 Å². The van der Waals surface area contributed by atoms with E-state index in [1.165, 1.54) is 5.56 Å². The van der Waals surface area contributed by atoms with Crippen molar-refractivity contribution in [2.75, 3.05) is 0 Å². The molecular weight excluding hydrogens is 675 g/mol. The third-order valence-corrected chi connectivity index (χ3v) is 11.0. The Labute approximate surface area is 318 Å². The highest BCUT2D eigenvalue weighted by Crippen LogP contribution is 2.46. The lowest BCUT2D eigenvalue weighted by Gasteiger charge is -2.23. The highest BCUT2D eigenvalue weighted by molar-refractivity contribution is 6.11. The number of rotatable bonds is 6. The van der Waals surface area contributed by atoms with Crippen molar-refractivity contribution in [1.29, 1.82) is 5.26 Å². The fraction of sp³-hybridized carbons (Fsp3) is 0.120. The van der Waals surface area contributed by atoms with E-state index in [0.29, 0.717) is 5.56 Å². The first-order chi connectivity index (χ1) is 26.9. The third kappa shape index (κ3) is 5.17. The number of hydrogen-bond donors (Lipinski definition) is 0. The van der Waals surface area contributed by atoms with Gasteiger partial charge in [-0.15, -0.1) is 0 Å². The SMILES string of the molecule is CC(C)c1cc2c(oc3cc(-c4ccccc4)ccc32)c(C(C)C)c1-n1c(-c2cccc3c2oc2cc(-c4ccc(C#N)cc4)ccc23)nc2ccccc21. The Morgan fingerprint density at radius 2 is 1.20 bits per heavy atom.